The Balaban J connectivity index is 0.000000199. The minimum absolute atomic E-state index is 0.00105. The number of hydrogen-bond acceptors (Lipinski definition) is 7. The number of halogens is 2. The van der Waals surface area contributed by atoms with Crippen molar-refractivity contribution in [2.24, 2.45) is 21.8 Å². The quantitative estimate of drug-likeness (QED) is 0.360. The Labute approximate surface area is 307 Å². The fourth-order valence-electron chi connectivity index (χ4n) is 6.44. The Morgan fingerprint density at radius 1 is 0.816 bits per heavy atom. The van der Waals surface area contributed by atoms with Gasteiger partial charge < -0.3 is 15.0 Å². The number of nitrogens with one attached hydrogen (secondary N) is 1. The number of aliphatic imine (C=N–C) groups is 2. The standard InChI is InChI=1S/C21H28BrN3O3.C16H20BrN3O/c1-20(2,3)28-19(27)24-11-10-14(12-24)13-25-17(23-21(4,5)18(25)26)15-6-8-16(22)9-7-15;1-16(2)15(21)20(10-11-7-8-18-9-11)14(19-16)12-3-5-13(17)6-4-12/h6-9,14H,10-13H2,1-5H3;3-6,11,18H,7-10H2,1-2H3/t14-;11-/m11/s1. The van der Waals surface area contributed by atoms with Gasteiger partial charge in [0, 0.05) is 46.3 Å². The molecule has 2 aromatic rings. The Morgan fingerprint density at radius 3 is 1.71 bits per heavy atom. The molecule has 10 nitrogen and oxygen atoms in total. The molecule has 0 spiro atoms. The predicted octanol–water partition coefficient (Wildman–Crippen LogP) is 6.50. The normalized spacial score (nSPS) is 23.0. The van der Waals surface area contributed by atoms with E-state index in [0.29, 0.717) is 31.4 Å². The summed E-state index contributed by atoms with van der Waals surface area (Å²) in [5.41, 5.74) is -0.0153. The maximum atomic E-state index is 13.0. The molecule has 264 valence electrons. The molecule has 4 aliphatic rings. The maximum absolute atomic E-state index is 13.0. The zero-order chi connectivity index (χ0) is 35.7. The molecule has 4 heterocycles. The first-order valence-electron chi connectivity index (χ1n) is 17.0. The van der Waals surface area contributed by atoms with E-state index >= 15 is 0 Å². The lowest BCUT2D eigenvalue weighted by Crippen LogP contribution is -2.43. The van der Waals surface area contributed by atoms with Crippen LogP contribution in [0, 0.1) is 11.8 Å². The van der Waals surface area contributed by atoms with Crippen molar-refractivity contribution in [1.82, 2.24) is 20.0 Å². The molecule has 0 radical (unpaired) electrons. The van der Waals surface area contributed by atoms with Crippen molar-refractivity contribution in [3.8, 4) is 0 Å². The van der Waals surface area contributed by atoms with Crippen molar-refractivity contribution in [3.63, 3.8) is 0 Å². The fourth-order valence-corrected chi connectivity index (χ4v) is 6.97. The highest BCUT2D eigenvalue weighted by molar-refractivity contribution is 9.10. The fraction of sp³-hybridized carbons (Fsp3) is 0.541. The van der Waals surface area contributed by atoms with E-state index in [1.165, 1.54) is 0 Å². The van der Waals surface area contributed by atoms with Crippen LogP contribution in [-0.4, -0.2) is 100 Å². The van der Waals surface area contributed by atoms with Crippen LogP contribution < -0.4 is 5.32 Å². The molecule has 49 heavy (non-hydrogen) atoms. The lowest BCUT2D eigenvalue weighted by Gasteiger charge is -2.26. The number of amides is 3. The van der Waals surface area contributed by atoms with Gasteiger partial charge in [-0.25, -0.2) is 4.79 Å². The van der Waals surface area contributed by atoms with Crippen LogP contribution in [0.2, 0.25) is 0 Å². The second-order valence-electron chi connectivity index (χ2n) is 15.3. The van der Waals surface area contributed by atoms with Gasteiger partial charge in [0.25, 0.3) is 11.8 Å². The third-order valence-corrected chi connectivity index (χ3v) is 10.1. The number of carbonyl (C=O) groups excluding carboxylic acids is 3. The molecule has 2 atom stereocenters. The summed E-state index contributed by atoms with van der Waals surface area (Å²) < 4.78 is 7.49. The topological polar surface area (TPSA) is 107 Å². The first kappa shape index (κ1) is 37.2. The molecule has 4 aliphatic heterocycles. The highest BCUT2D eigenvalue weighted by Crippen LogP contribution is 2.30. The van der Waals surface area contributed by atoms with Crippen molar-refractivity contribution in [3.05, 3.63) is 68.6 Å². The summed E-state index contributed by atoms with van der Waals surface area (Å²) >= 11 is 6.89. The summed E-state index contributed by atoms with van der Waals surface area (Å²) in [6.07, 6.45) is 1.68. The van der Waals surface area contributed by atoms with Crippen LogP contribution in [0.1, 0.15) is 72.4 Å². The third kappa shape index (κ3) is 8.99. The average molecular weight is 801 g/mol. The van der Waals surface area contributed by atoms with Gasteiger partial charge in [-0.05, 0) is 110 Å². The number of nitrogens with zero attached hydrogens (tertiary/aromatic N) is 5. The molecule has 3 amide bonds. The van der Waals surface area contributed by atoms with E-state index in [4.69, 9.17) is 9.73 Å². The average Bonchev–Trinajstić information content (AvgIpc) is 3.80. The molecule has 0 saturated carbocycles. The largest absolute Gasteiger partial charge is 0.444 e. The van der Waals surface area contributed by atoms with Crippen LogP contribution in [0.25, 0.3) is 0 Å². The van der Waals surface area contributed by atoms with Gasteiger partial charge in [-0.2, -0.15) is 0 Å². The molecular weight excluding hydrogens is 752 g/mol. The molecule has 2 aromatic carbocycles. The van der Waals surface area contributed by atoms with E-state index in [0.717, 1.165) is 58.4 Å². The van der Waals surface area contributed by atoms with Crippen molar-refractivity contribution < 1.29 is 19.1 Å². The van der Waals surface area contributed by atoms with Crippen LogP contribution in [0.5, 0.6) is 0 Å². The molecule has 0 aliphatic carbocycles. The lowest BCUT2D eigenvalue weighted by atomic mass is 10.0. The maximum Gasteiger partial charge on any atom is 0.410 e. The van der Waals surface area contributed by atoms with Gasteiger partial charge in [-0.1, -0.05) is 56.1 Å². The van der Waals surface area contributed by atoms with Crippen LogP contribution >= 0.6 is 31.9 Å². The zero-order valence-corrected chi connectivity index (χ0v) is 32.7. The van der Waals surface area contributed by atoms with Crippen molar-refractivity contribution in [2.75, 3.05) is 39.3 Å². The van der Waals surface area contributed by atoms with Gasteiger partial charge in [-0.15, -0.1) is 0 Å². The molecule has 2 saturated heterocycles. The van der Waals surface area contributed by atoms with Crippen molar-refractivity contribution in [1.29, 1.82) is 0 Å². The monoisotopic (exact) mass is 798 g/mol. The zero-order valence-electron chi connectivity index (χ0n) is 29.6. The number of amidine groups is 2. The highest BCUT2D eigenvalue weighted by Gasteiger charge is 2.44. The molecular formula is C37H48Br2N6O4. The Kier molecular flexibility index (Phi) is 11.1. The Morgan fingerprint density at radius 2 is 1.29 bits per heavy atom. The minimum Gasteiger partial charge on any atom is -0.444 e. The minimum atomic E-state index is -0.772. The summed E-state index contributed by atoms with van der Waals surface area (Å²) in [6.45, 7) is 17.6. The highest BCUT2D eigenvalue weighted by atomic mass is 79.9. The van der Waals surface area contributed by atoms with Crippen LogP contribution in [0.15, 0.2) is 67.5 Å². The van der Waals surface area contributed by atoms with Crippen molar-refractivity contribution >= 4 is 61.4 Å². The number of carbonyl (C=O) groups is 3. The van der Waals surface area contributed by atoms with E-state index in [1.54, 1.807) is 9.80 Å². The first-order chi connectivity index (χ1) is 22.9. The second-order valence-corrected chi connectivity index (χ2v) is 17.1. The van der Waals surface area contributed by atoms with E-state index in [2.05, 4.69) is 42.2 Å². The lowest BCUT2D eigenvalue weighted by molar-refractivity contribution is -0.131. The van der Waals surface area contributed by atoms with E-state index in [1.807, 2.05) is 102 Å². The van der Waals surface area contributed by atoms with E-state index in [9.17, 15) is 14.4 Å². The second kappa shape index (κ2) is 14.6. The van der Waals surface area contributed by atoms with Crippen LogP contribution in [-0.2, 0) is 14.3 Å². The summed E-state index contributed by atoms with van der Waals surface area (Å²) in [4.78, 5) is 52.7. The van der Waals surface area contributed by atoms with E-state index < -0.39 is 16.7 Å². The predicted molar refractivity (Wildman–Crippen MR) is 200 cm³/mol. The van der Waals surface area contributed by atoms with Crippen LogP contribution in [0.4, 0.5) is 4.79 Å². The van der Waals surface area contributed by atoms with Gasteiger partial charge in [0.1, 0.15) is 28.4 Å². The number of benzene rings is 2. The van der Waals surface area contributed by atoms with Crippen LogP contribution in [0.3, 0.4) is 0 Å². The number of rotatable bonds is 6. The summed E-state index contributed by atoms with van der Waals surface area (Å²) in [5, 5.41) is 3.36. The molecule has 0 bridgehead atoms. The number of ether oxygens (including phenoxy) is 1. The van der Waals surface area contributed by atoms with Gasteiger partial charge in [-0.3, -0.25) is 29.4 Å². The van der Waals surface area contributed by atoms with Gasteiger partial charge in [0.05, 0.1) is 0 Å². The first-order valence-corrected chi connectivity index (χ1v) is 18.6. The molecule has 0 aromatic heterocycles. The van der Waals surface area contributed by atoms with Gasteiger partial charge in [0.15, 0.2) is 0 Å². The third-order valence-electron chi connectivity index (χ3n) is 9.01. The SMILES string of the molecule is CC(C)(C)OC(=O)N1CC[C@@H](CN2C(=O)C(C)(C)N=C2c2ccc(Br)cc2)C1.CC1(C)N=C(c2ccc(Br)cc2)N(C[C@@H]2CCNC2)C1=O. The summed E-state index contributed by atoms with van der Waals surface area (Å²) in [7, 11) is 0. The Bertz CT molecular complexity index is 1610. The smallest absolute Gasteiger partial charge is 0.410 e. The summed E-state index contributed by atoms with van der Waals surface area (Å²) in [6, 6.07) is 15.8. The van der Waals surface area contributed by atoms with Gasteiger partial charge in [0.2, 0.25) is 0 Å². The molecule has 2 fully saturated rings. The van der Waals surface area contributed by atoms with Gasteiger partial charge >= 0.3 is 6.09 Å². The molecule has 0 unspecified atom stereocenters. The molecule has 12 heteroatoms. The van der Waals surface area contributed by atoms with Crippen molar-refractivity contribution in [2.45, 2.75) is 78.0 Å². The molecule has 6 rings (SSSR count). The Hall–Kier alpha value is -3.09. The van der Waals surface area contributed by atoms with E-state index in [-0.39, 0.29) is 23.8 Å². The number of hydrogen-bond donors (Lipinski definition) is 1. The number of likely N-dealkylation sites (tertiary alicyclic amines) is 1. The molecule has 1 N–H and O–H groups in total. The summed E-state index contributed by atoms with van der Waals surface area (Å²) in [5.74, 6) is 2.34.